The SMILES string of the molecule is C=C(CCCC)c1c(C)[nH]c(C)cc1=O. The average molecular weight is 205 g/mol. The monoisotopic (exact) mass is 205 g/mol. The van der Waals surface area contributed by atoms with E-state index in [2.05, 4.69) is 18.5 Å². The van der Waals surface area contributed by atoms with Crippen molar-refractivity contribution in [1.82, 2.24) is 4.98 Å². The van der Waals surface area contributed by atoms with E-state index in [1.807, 2.05) is 13.8 Å². The van der Waals surface area contributed by atoms with E-state index in [0.717, 1.165) is 41.8 Å². The van der Waals surface area contributed by atoms with E-state index in [9.17, 15) is 4.79 Å². The van der Waals surface area contributed by atoms with Gasteiger partial charge < -0.3 is 4.98 Å². The number of aromatic nitrogens is 1. The van der Waals surface area contributed by atoms with Crippen LogP contribution in [0.4, 0.5) is 0 Å². The molecule has 0 aliphatic heterocycles. The van der Waals surface area contributed by atoms with Crippen molar-refractivity contribution in [3.8, 4) is 0 Å². The molecule has 1 aromatic rings. The lowest BCUT2D eigenvalue weighted by atomic mass is 10.00. The molecule has 0 unspecified atom stereocenters. The standard InChI is InChI=1S/C13H19NO/c1-5-6-7-9(2)13-11(4)14-10(3)8-12(13)15/h8H,2,5-7H2,1,3-4H3,(H,14,15). The number of H-pyrrole nitrogens is 1. The number of allylic oxidation sites excluding steroid dienone is 1. The molecule has 0 saturated heterocycles. The second-order valence-corrected chi connectivity index (χ2v) is 4.02. The Labute approximate surface area is 91.0 Å². The Morgan fingerprint density at radius 2 is 2.13 bits per heavy atom. The Kier molecular flexibility index (Phi) is 3.89. The molecule has 1 heterocycles. The van der Waals surface area contributed by atoms with Crippen LogP contribution in [0, 0.1) is 13.8 Å². The van der Waals surface area contributed by atoms with Gasteiger partial charge in [-0.05, 0) is 32.3 Å². The highest BCUT2D eigenvalue weighted by Gasteiger charge is 2.08. The quantitative estimate of drug-likeness (QED) is 0.804. The second-order valence-electron chi connectivity index (χ2n) is 4.02. The van der Waals surface area contributed by atoms with Gasteiger partial charge in [0.1, 0.15) is 0 Å². The van der Waals surface area contributed by atoms with Gasteiger partial charge in [-0.1, -0.05) is 19.9 Å². The smallest absolute Gasteiger partial charge is 0.189 e. The zero-order chi connectivity index (χ0) is 11.4. The van der Waals surface area contributed by atoms with Gasteiger partial charge in [-0.3, -0.25) is 4.79 Å². The maximum atomic E-state index is 11.8. The van der Waals surface area contributed by atoms with Crippen LogP contribution in [0.2, 0.25) is 0 Å². The van der Waals surface area contributed by atoms with Crippen molar-refractivity contribution < 1.29 is 0 Å². The summed E-state index contributed by atoms with van der Waals surface area (Å²) in [5.41, 5.74) is 3.65. The molecule has 0 saturated carbocycles. The predicted octanol–water partition coefficient (Wildman–Crippen LogP) is 3.20. The van der Waals surface area contributed by atoms with Crippen molar-refractivity contribution in [2.24, 2.45) is 0 Å². The Hall–Kier alpha value is -1.31. The van der Waals surface area contributed by atoms with E-state index in [1.54, 1.807) is 6.07 Å². The second kappa shape index (κ2) is 4.96. The molecule has 0 bridgehead atoms. The molecule has 82 valence electrons. The van der Waals surface area contributed by atoms with Gasteiger partial charge in [0.15, 0.2) is 5.43 Å². The summed E-state index contributed by atoms with van der Waals surface area (Å²) in [6.07, 6.45) is 3.12. The predicted molar refractivity (Wildman–Crippen MR) is 65.1 cm³/mol. The van der Waals surface area contributed by atoms with Crippen LogP contribution in [0.3, 0.4) is 0 Å². The highest BCUT2D eigenvalue weighted by atomic mass is 16.1. The number of nitrogens with one attached hydrogen (secondary N) is 1. The van der Waals surface area contributed by atoms with Gasteiger partial charge in [0, 0.05) is 23.0 Å². The van der Waals surface area contributed by atoms with Crippen LogP contribution in [-0.4, -0.2) is 4.98 Å². The number of rotatable bonds is 4. The summed E-state index contributed by atoms with van der Waals surface area (Å²) in [6, 6.07) is 1.64. The van der Waals surface area contributed by atoms with E-state index >= 15 is 0 Å². The first kappa shape index (κ1) is 11.8. The number of pyridine rings is 1. The first-order chi connectivity index (χ1) is 7.06. The largest absolute Gasteiger partial charge is 0.362 e. The summed E-state index contributed by atoms with van der Waals surface area (Å²) < 4.78 is 0. The Morgan fingerprint density at radius 3 is 2.67 bits per heavy atom. The molecule has 0 aromatic carbocycles. The Balaban J connectivity index is 3.04. The third-order valence-electron chi connectivity index (χ3n) is 2.54. The van der Waals surface area contributed by atoms with Crippen molar-refractivity contribution >= 4 is 5.57 Å². The molecule has 0 aliphatic carbocycles. The molecule has 0 fully saturated rings. The molecule has 0 aliphatic rings. The fourth-order valence-corrected chi connectivity index (χ4v) is 1.80. The maximum Gasteiger partial charge on any atom is 0.189 e. The highest BCUT2D eigenvalue weighted by Crippen LogP contribution is 2.17. The normalized spacial score (nSPS) is 10.3. The van der Waals surface area contributed by atoms with Gasteiger partial charge >= 0.3 is 0 Å². The molecule has 1 N–H and O–H groups in total. The zero-order valence-electron chi connectivity index (χ0n) is 9.81. The third kappa shape index (κ3) is 2.82. The minimum atomic E-state index is 0.0878. The molecule has 0 spiro atoms. The van der Waals surface area contributed by atoms with E-state index in [4.69, 9.17) is 0 Å². The minimum absolute atomic E-state index is 0.0878. The maximum absolute atomic E-state index is 11.8. The number of hydrogen-bond acceptors (Lipinski definition) is 1. The lowest BCUT2D eigenvalue weighted by molar-refractivity contribution is 0.823. The molecule has 2 nitrogen and oxygen atoms in total. The van der Waals surface area contributed by atoms with Crippen LogP contribution in [0.1, 0.15) is 43.1 Å². The topological polar surface area (TPSA) is 32.9 Å². The Bertz CT molecular complexity index is 415. The fourth-order valence-electron chi connectivity index (χ4n) is 1.80. The molecular weight excluding hydrogens is 186 g/mol. The number of aryl methyl sites for hydroxylation is 2. The van der Waals surface area contributed by atoms with Crippen molar-refractivity contribution in [2.45, 2.75) is 40.0 Å². The third-order valence-corrected chi connectivity index (χ3v) is 2.54. The molecule has 0 radical (unpaired) electrons. The Morgan fingerprint density at radius 1 is 1.47 bits per heavy atom. The number of unbranched alkanes of at least 4 members (excludes halogenated alkanes) is 1. The van der Waals surface area contributed by atoms with Crippen molar-refractivity contribution in [2.75, 3.05) is 0 Å². The molecule has 0 amide bonds. The van der Waals surface area contributed by atoms with E-state index in [-0.39, 0.29) is 5.43 Å². The molecule has 15 heavy (non-hydrogen) atoms. The van der Waals surface area contributed by atoms with Crippen LogP contribution in [0.5, 0.6) is 0 Å². The molecule has 0 atom stereocenters. The summed E-state index contributed by atoms with van der Waals surface area (Å²) in [7, 11) is 0. The van der Waals surface area contributed by atoms with Gasteiger partial charge in [-0.15, -0.1) is 0 Å². The molecule has 1 rings (SSSR count). The lowest BCUT2D eigenvalue weighted by Crippen LogP contribution is -2.11. The van der Waals surface area contributed by atoms with Gasteiger partial charge in [-0.25, -0.2) is 0 Å². The summed E-state index contributed by atoms with van der Waals surface area (Å²) in [5, 5.41) is 0. The first-order valence-electron chi connectivity index (χ1n) is 5.45. The van der Waals surface area contributed by atoms with Crippen molar-refractivity contribution in [1.29, 1.82) is 0 Å². The fraction of sp³-hybridized carbons (Fsp3) is 0.462. The van der Waals surface area contributed by atoms with Crippen LogP contribution in [0.15, 0.2) is 17.4 Å². The summed E-state index contributed by atoms with van der Waals surface area (Å²) >= 11 is 0. The van der Waals surface area contributed by atoms with Crippen molar-refractivity contribution in [3.63, 3.8) is 0 Å². The van der Waals surface area contributed by atoms with Crippen LogP contribution in [0.25, 0.3) is 5.57 Å². The van der Waals surface area contributed by atoms with E-state index < -0.39 is 0 Å². The van der Waals surface area contributed by atoms with Crippen LogP contribution < -0.4 is 5.43 Å². The zero-order valence-corrected chi connectivity index (χ0v) is 9.81. The van der Waals surface area contributed by atoms with Crippen LogP contribution >= 0.6 is 0 Å². The number of hydrogen-bond donors (Lipinski definition) is 1. The minimum Gasteiger partial charge on any atom is -0.362 e. The van der Waals surface area contributed by atoms with Gasteiger partial charge in [0.25, 0.3) is 0 Å². The van der Waals surface area contributed by atoms with Gasteiger partial charge in [0.05, 0.1) is 0 Å². The van der Waals surface area contributed by atoms with Crippen LogP contribution in [-0.2, 0) is 0 Å². The average Bonchev–Trinajstić information content (AvgIpc) is 2.12. The van der Waals surface area contributed by atoms with Gasteiger partial charge in [0.2, 0.25) is 0 Å². The molecular formula is C13H19NO. The van der Waals surface area contributed by atoms with Crippen molar-refractivity contribution in [3.05, 3.63) is 39.8 Å². The van der Waals surface area contributed by atoms with Gasteiger partial charge in [-0.2, -0.15) is 0 Å². The lowest BCUT2D eigenvalue weighted by Gasteiger charge is -2.08. The summed E-state index contributed by atoms with van der Waals surface area (Å²) in [6.45, 7) is 9.96. The molecule has 2 heteroatoms. The van der Waals surface area contributed by atoms with E-state index in [0.29, 0.717) is 0 Å². The summed E-state index contributed by atoms with van der Waals surface area (Å²) in [4.78, 5) is 15.0. The van der Waals surface area contributed by atoms with E-state index in [1.165, 1.54) is 0 Å². The first-order valence-corrected chi connectivity index (χ1v) is 5.45. The summed E-state index contributed by atoms with van der Waals surface area (Å²) in [5.74, 6) is 0. The highest BCUT2D eigenvalue weighted by molar-refractivity contribution is 5.64. The number of aromatic amines is 1. The molecule has 1 aromatic heterocycles.